The highest BCUT2D eigenvalue weighted by molar-refractivity contribution is 5.34. The Labute approximate surface area is 156 Å². The van der Waals surface area contributed by atoms with Crippen LogP contribution in [0.5, 0.6) is 5.75 Å². The fourth-order valence-corrected chi connectivity index (χ4v) is 2.72. The predicted molar refractivity (Wildman–Crippen MR) is 104 cm³/mol. The van der Waals surface area contributed by atoms with Crippen molar-refractivity contribution in [2.75, 3.05) is 20.2 Å². The molecule has 0 aliphatic rings. The standard InChI is InChI=1S/C22H28N2O2/c1-22(2,3)19-9-5-18(6-10-19)14-24(4)15-20(25)16-26-21-11-7-17(13-23)8-12-21/h5-12,20,25H,14-16H2,1-4H3. The Morgan fingerprint density at radius 1 is 1.08 bits per heavy atom. The molecule has 26 heavy (non-hydrogen) atoms. The van der Waals surface area contributed by atoms with Gasteiger partial charge in [-0.2, -0.15) is 5.26 Å². The smallest absolute Gasteiger partial charge is 0.119 e. The normalized spacial score (nSPS) is 12.7. The molecule has 0 fully saturated rings. The Hall–Kier alpha value is -2.35. The molecule has 138 valence electrons. The topological polar surface area (TPSA) is 56.5 Å². The summed E-state index contributed by atoms with van der Waals surface area (Å²) in [4.78, 5) is 2.08. The highest BCUT2D eigenvalue weighted by Gasteiger charge is 2.14. The first-order valence-electron chi connectivity index (χ1n) is 8.87. The minimum atomic E-state index is -0.579. The van der Waals surface area contributed by atoms with Crippen LogP contribution in [0, 0.1) is 11.3 Å². The summed E-state index contributed by atoms with van der Waals surface area (Å²) in [6, 6.07) is 17.6. The Morgan fingerprint density at radius 2 is 1.69 bits per heavy atom. The average Bonchev–Trinajstić information content (AvgIpc) is 2.60. The molecule has 2 aromatic rings. The zero-order chi connectivity index (χ0) is 19.2. The van der Waals surface area contributed by atoms with E-state index in [1.807, 2.05) is 7.05 Å². The van der Waals surface area contributed by atoms with Gasteiger partial charge in [0.25, 0.3) is 0 Å². The van der Waals surface area contributed by atoms with Crippen molar-refractivity contribution >= 4 is 0 Å². The van der Waals surface area contributed by atoms with Gasteiger partial charge in [-0.3, -0.25) is 4.90 Å². The summed E-state index contributed by atoms with van der Waals surface area (Å²) in [5.41, 5.74) is 3.29. The van der Waals surface area contributed by atoms with Crippen molar-refractivity contribution < 1.29 is 9.84 Å². The molecule has 1 atom stereocenters. The lowest BCUT2D eigenvalue weighted by atomic mass is 9.87. The van der Waals surface area contributed by atoms with Gasteiger partial charge in [0.15, 0.2) is 0 Å². The molecule has 0 saturated heterocycles. The van der Waals surface area contributed by atoms with Gasteiger partial charge >= 0.3 is 0 Å². The van der Waals surface area contributed by atoms with Gasteiger partial charge in [0.2, 0.25) is 0 Å². The summed E-state index contributed by atoms with van der Waals surface area (Å²) in [6.45, 7) is 8.14. The van der Waals surface area contributed by atoms with Crippen molar-refractivity contribution in [2.45, 2.75) is 38.8 Å². The number of rotatable bonds is 7. The average molecular weight is 352 g/mol. The molecule has 4 heteroatoms. The van der Waals surface area contributed by atoms with Crippen molar-refractivity contribution in [3.8, 4) is 11.8 Å². The van der Waals surface area contributed by atoms with Crippen LogP contribution in [0.3, 0.4) is 0 Å². The van der Waals surface area contributed by atoms with Gasteiger partial charge < -0.3 is 9.84 Å². The molecule has 1 unspecified atom stereocenters. The van der Waals surface area contributed by atoms with Crippen LogP contribution in [0.4, 0.5) is 0 Å². The summed E-state index contributed by atoms with van der Waals surface area (Å²) in [6.07, 6.45) is -0.579. The number of hydrogen-bond donors (Lipinski definition) is 1. The lowest BCUT2D eigenvalue weighted by Crippen LogP contribution is -2.32. The zero-order valence-corrected chi connectivity index (χ0v) is 16.1. The third-order valence-electron chi connectivity index (χ3n) is 4.22. The SMILES string of the molecule is CN(Cc1ccc(C(C)(C)C)cc1)CC(O)COc1ccc(C#N)cc1. The van der Waals surface area contributed by atoms with Crippen molar-refractivity contribution in [1.82, 2.24) is 4.90 Å². The van der Waals surface area contributed by atoms with Crippen molar-refractivity contribution in [3.05, 3.63) is 65.2 Å². The number of ether oxygens (including phenoxy) is 1. The lowest BCUT2D eigenvalue weighted by molar-refractivity contribution is 0.0744. The summed E-state index contributed by atoms with van der Waals surface area (Å²) < 4.78 is 5.59. The first-order chi connectivity index (χ1) is 12.3. The Balaban J connectivity index is 1.79. The summed E-state index contributed by atoms with van der Waals surface area (Å²) >= 11 is 0. The highest BCUT2D eigenvalue weighted by Crippen LogP contribution is 2.22. The van der Waals surface area contributed by atoms with E-state index in [0.717, 1.165) is 6.54 Å². The molecule has 2 aromatic carbocycles. The van der Waals surface area contributed by atoms with E-state index < -0.39 is 6.10 Å². The molecule has 0 aliphatic heterocycles. The second kappa shape index (κ2) is 8.84. The quantitative estimate of drug-likeness (QED) is 0.825. The third-order valence-corrected chi connectivity index (χ3v) is 4.22. The van der Waals surface area contributed by atoms with Crippen LogP contribution in [0.15, 0.2) is 48.5 Å². The summed E-state index contributed by atoms with van der Waals surface area (Å²) in [7, 11) is 1.99. The molecule has 0 heterocycles. The number of nitriles is 1. The van der Waals surface area contributed by atoms with E-state index >= 15 is 0 Å². The molecule has 0 aliphatic carbocycles. The number of aliphatic hydroxyl groups is 1. The van der Waals surface area contributed by atoms with E-state index in [0.29, 0.717) is 17.9 Å². The number of aliphatic hydroxyl groups excluding tert-OH is 1. The van der Waals surface area contributed by atoms with E-state index in [1.165, 1.54) is 11.1 Å². The largest absolute Gasteiger partial charge is 0.491 e. The maximum absolute atomic E-state index is 10.2. The number of nitrogens with zero attached hydrogens (tertiary/aromatic N) is 2. The minimum Gasteiger partial charge on any atom is -0.491 e. The predicted octanol–water partition coefficient (Wildman–Crippen LogP) is 3.73. The molecular formula is C22H28N2O2. The third kappa shape index (κ3) is 6.18. The zero-order valence-electron chi connectivity index (χ0n) is 16.1. The first kappa shape index (κ1) is 20.0. The van der Waals surface area contributed by atoms with E-state index in [4.69, 9.17) is 10.00 Å². The van der Waals surface area contributed by atoms with E-state index in [-0.39, 0.29) is 12.0 Å². The van der Waals surface area contributed by atoms with Crippen LogP contribution < -0.4 is 4.74 Å². The molecule has 0 radical (unpaired) electrons. The molecule has 2 rings (SSSR count). The van der Waals surface area contributed by atoms with Crippen molar-refractivity contribution in [3.63, 3.8) is 0 Å². The Morgan fingerprint density at radius 3 is 2.23 bits per heavy atom. The van der Waals surface area contributed by atoms with Crippen LogP contribution >= 0.6 is 0 Å². The number of hydrogen-bond acceptors (Lipinski definition) is 4. The molecule has 0 spiro atoms. The van der Waals surface area contributed by atoms with E-state index in [1.54, 1.807) is 24.3 Å². The van der Waals surface area contributed by atoms with Gasteiger partial charge in [-0.05, 0) is 47.9 Å². The van der Waals surface area contributed by atoms with E-state index in [2.05, 4.69) is 56.0 Å². The molecule has 0 saturated carbocycles. The van der Waals surface area contributed by atoms with Crippen LogP contribution in [0.2, 0.25) is 0 Å². The first-order valence-corrected chi connectivity index (χ1v) is 8.87. The monoisotopic (exact) mass is 352 g/mol. The van der Waals surface area contributed by atoms with Gasteiger partial charge in [0.05, 0.1) is 11.6 Å². The molecular weight excluding hydrogens is 324 g/mol. The van der Waals surface area contributed by atoms with Gasteiger partial charge in [0.1, 0.15) is 18.5 Å². The minimum absolute atomic E-state index is 0.156. The molecule has 4 nitrogen and oxygen atoms in total. The van der Waals surface area contributed by atoms with Gasteiger partial charge in [-0.15, -0.1) is 0 Å². The Bertz CT molecular complexity index is 725. The van der Waals surface area contributed by atoms with E-state index in [9.17, 15) is 5.11 Å². The lowest BCUT2D eigenvalue weighted by Gasteiger charge is -2.22. The molecule has 0 amide bonds. The van der Waals surface area contributed by atoms with Crippen LogP contribution in [-0.2, 0) is 12.0 Å². The van der Waals surface area contributed by atoms with Crippen LogP contribution in [0.25, 0.3) is 0 Å². The summed E-state index contributed by atoms with van der Waals surface area (Å²) in [5.74, 6) is 0.656. The Kier molecular flexibility index (Phi) is 6.79. The van der Waals surface area contributed by atoms with Crippen LogP contribution in [0.1, 0.15) is 37.5 Å². The number of benzene rings is 2. The highest BCUT2D eigenvalue weighted by atomic mass is 16.5. The second-order valence-corrected chi connectivity index (χ2v) is 7.74. The fraction of sp³-hybridized carbons (Fsp3) is 0.409. The number of likely N-dealkylation sites (N-methyl/N-ethyl adjacent to an activating group) is 1. The van der Waals surface area contributed by atoms with Crippen molar-refractivity contribution in [2.24, 2.45) is 0 Å². The fourth-order valence-electron chi connectivity index (χ4n) is 2.72. The second-order valence-electron chi connectivity index (χ2n) is 7.74. The summed E-state index contributed by atoms with van der Waals surface area (Å²) in [5, 5.41) is 19.0. The van der Waals surface area contributed by atoms with Crippen LogP contribution in [-0.4, -0.2) is 36.3 Å². The molecule has 0 bridgehead atoms. The maximum atomic E-state index is 10.2. The van der Waals surface area contributed by atoms with Gasteiger partial charge in [-0.25, -0.2) is 0 Å². The van der Waals surface area contributed by atoms with Gasteiger partial charge in [-0.1, -0.05) is 45.0 Å². The maximum Gasteiger partial charge on any atom is 0.119 e. The van der Waals surface area contributed by atoms with Gasteiger partial charge in [0, 0.05) is 13.1 Å². The molecule has 1 N–H and O–H groups in total. The van der Waals surface area contributed by atoms with Crippen molar-refractivity contribution in [1.29, 1.82) is 5.26 Å². The molecule has 0 aromatic heterocycles.